The van der Waals surface area contributed by atoms with Crippen molar-refractivity contribution < 1.29 is 0 Å². The van der Waals surface area contributed by atoms with Gasteiger partial charge in [0.15, 0.2) is 5.65 Å². The van der Waals surface area contributed by atoms with E-state index in [0.29, 0.717) is 0 Å². The molecule has 3 N–H and O–H groups in total. The Morgan fingerprint density at radius 2 is 1.78 bits per heavy atom. The average molecular weight is 331 g/mol. The maximum atomic E-state index is 6.04. The molecule has 0 aliphatic heterocycles. The highest BCUT2D eigenvalue weighted by Gasteiger charge is 2.10. The lowest BCUT2D eigenvalue weighted by atomic mass is 10.0. The molecule has 0 bridgehead atoms. The molecule has 1 aromatic carbocycles. The molecule has 0 spiro atoms. The number of aryl methyl sites for hydroxylation is 4. The van der Waals surface area contributed by atoms with Crippen LogP contribution in [0.15, 0.2) is 30.5 Å². The molecule has 0 radical (unpaired) electrons. The van der Waals surface area contributed by atoms with Gasteiger partial charge in [-0.1, -0.05) is 18.2 Å². The molecule has 2 heterocycles. The Kier molecular flexibility index (Phi) is 4.85. The van der Waals surface area contributed by atoms with Gasteiger partial charge in [-0.2, -0.15) is 0 Å². The van der Waals surface area contributed by atoms with Crippen molar-refractivity contribution in [1.29, 1.82) is 0 Å². The van der Waals surface area contributed by atoms with Crippen LogP contribution in [-0.4, -0.2) is 9.38 Å². The number of nitrogens with one attached hydrogen (secondary N) is 1. The Balaban J connectivity index is 0.00000192. The maximum Gasteiger partial charge on any atom is 0.160 e. The Morgan fingerprint density at radius 1 is 1.13 bits per heavy atom. The molecule has 23 heavy (non-hydrogen) atoms. The number of hydrogen-bond donors (Lipinski definition) is 2. The van der Waals surface area contributed by atoms with Crippen molar-refractivity contribution in [3.05, 3.63) is 58.5 Å². The van der Waals surface area contributed by atoms with Gasteiger partial charge in [-0.05, 0) is 50.5 Å². The minimum atomic E-state index is 0. The van der Waals surface area contributed by atoms with Gasteiger partial charge in [-0.25, -0.2) is 4.98 Å². The van der Waals surface area contributed by atoms with Gasteiger partial charge < -0.3 is 15.5 Å². The highest BCUT2D eigenvalue weighted by Crippen LogP contribution is 2.24. The number of pyridine rings is 1. The first-order chi connectivity index (χ1) is 10.5. The second-order valence-corrected chi connectivity index (χ2v) is 5.89. The van der Waals surface area contributed by atoms with E-state index >= 15 is 0 Å². The topological polar surface area (TPSA) is 55.3 Å². The molecule has 122 valence electrons. The molecular weight excluding hydrogens is 308 g/mol. The Morgan fingerprint density at radius 3 is 2.43 bits per heavy atom. The van der Waals surface area contributed by atoms with E-state index in [2.05, 4.69) is 53.7 Å². The number of nitrogen functional groups attached to an aromatic ring is 1. The number of rotatable bonds is 3. The number of imidazole rings is 1. The fourth-order valence-electron chi connectivity index (χ4n) is 2.83. The van der Waals surface area contributed by atoms with Gasteiger partial charge >= 0.3 is 0 Å². The first kappa shape index (κ1) is 17.2. The molecule has 3 rings (SSSR count). The summed E-state index contributed by atoms with van der Waals surface area (Å²) < 4.78 is 2.05. The van der Waals surface area contributed by atoms with Crippen molar-refractivity contribution >= 4 is 29.4 Å². The van der Waals surface area contributed by atoms with Crippen LogP contribution in [0, 0.1) is 27.7 Å². The molecule has 0 aliphatic rings. The first-order valence-electron chi connectivity index (χ1n) is 7.51. The Bertz CT molecular complexity index is 832. The SMILES string of the molecule is Cc1cccc(C)c1CNc1cc(N)cn2c(C)c(C)nc12.Cl. The van der Waals surface area contributed by atoms with E-state index < -0.39 is 0 Å². The third-order valence-electron chi connectivity index (χ3n) is 4.32. The number of nitrogens with zero attached hydrogens (tertiary/aromatic N) is 2. The maximum absolute atomic E-state index is 6.04. The second kappa shape index (κ2) is 6.50. The summed E-state index contributed by atoms with van der Waals surface area (Å²) in [4.78, 5) is 4.66. The van der Waals surface area contributed by atoms with Crippen LogP contribution in [0.2, 0.25) is 0 Å². The number of hydrogen-bond acceptors (Lipinski definition) is 3. The zero-order valence-electron chi connectivity index (χ0n) is 14.0. The minimum Gasteiger partial charge on any atom is -0.397 e. The van der Waals surface area contributed by atoms with E-state index in [1.807, 2.05) is 19.2 Å². The van der Waals surface area contributed by atoms with Crippen LogP contribution in [0.3, 0.4) is 0 Å². The van der Waals surface area contributed by atoms with Crippen LogP contribution in [0.5, 0.6) is 0 Å². The third kappa shape index (κ3) is 3.13. The Hall–Kier alpha value is -2.20. The predicted molar refractivity (Wildman–Crippen MR) is 99.6 cm³/mol. The molecule has 4 nitrogen and oxygen atoms in total. The van der Waals surface area contributed by atoms with Crippen LogP contribution in [-0.2, 0) is 6.54 Å². The fourth-order valence-corrected chi connectivity index (χ4v) is 2.83. The summed E-state index contributed by atoms with van der Waals surface area (Å²) in [6.07, 6.45) is 1.93. The van der Waals surface area contributed by atoms with E-state index in [0.717, 1.165) is 35.0 Å². The summed E-state index contributed by atoms with van der Waals surface area (Å²) in [5, 5.41) is 3.50. The van der Waals surface area contributed by atoms with Crippen molar-refractivity contribution in [3.63, 3.8) is 0 Å². The smallest absolute Gasteiger partial charge is 0.160 e. The highest BCUT2D eigenvalue weighted by atomic mass is 35.5. The largest absolute Gasteiger partial charge is 0.397 e. The summed E-state index contributed by atoms with van der Waals surface area (Å²) in [5.74, 6) is 0. The van der Waals surface area contributed by atoms with Crippen LogP contribution >= 0.6 is 12.4 Å². The zero-order chi connectivity index (χ0) is 15.9. The highest BCUT2D eigenvalue weighted by molar-refractivity contribution is 5.85. The third-order valence-corrected chi connectivity index (χ3v) is 4.32. The van der Waals surface area contributed by atoms with E-state index in [1.165, 1.54) is 16.7 Å². The van der Waals surface area contributed by atoms with Crippen molar-refractivity contribution in [1.82, 2.24) is 9.38 Å². The van der Waals surface area contributed by atoms with Gasteiger partial charge in [0.1, 0.15) is 0 Å². The summed E-state index contributed by atoms with van der Waals surface area (Å²) in [5.41, 5.74) is 14.7. The normalized spacial score (nSPS) is 10.6. The van der Waals surface area contributed by atoms with Crippen LogP contribution < -0.4 is 11.1 Å². The molecule has 2 aromatic heterocycles. The van der Waals surface area contributed by atoms with Gasteiger partial charge in [0.2, 0.25) is 0 Å². The molecule has 0 aliphatic carbocycles. The molecule has 0 saturated carbocycles. The molecule has 0 fully saturated rings. The fraction of sp³-hybridized carbons (Fsp3) is 0.278. The van der Waals surface area contributed by atoms with Crippen LogP contribution in [0.25, 0.3) is 5.65 Å². The summed E-state index contributed by atoms with van der Waals surface area (Å²) in [7, 11) is 0. The van der Waals surface area contributed by atoms with E-state index in [9.17, 15) is 0 Å². The minimum absolute atomic E-state index is 0. The van der Waals surface area contributed by atoms with Gasteiger partial charge in [-0.15, -0.1) is 12.4 Å². The lowest BCUT2D eigenvalue weighted by Crippen LogP contribution is -2.06. The number of halogens is 1. The van der Waals surface area contributed by atoms with Crippen molar-refractivity contribution in [2.45, 2.75) is 34.2 Å². The summed E-state index contributed by atoms with van der Waals surface area (Å²) in [6.45, 7) is 9.13. The zero-order valence-corrected chi connectivity index (χ0v) is 14.8. The first-order valence-corrected chi connectivity index (χ1v) is 7.51. The lowest BCUT2D eigenvalue weighted by molar-refractivity contribution is 1.07. The van der Waals surface area contributed by atoms with Gasteiger partial charge in [-0.3, -0.25) is 0 Å². The molecule has 0 atom stereocenters. The molecule has 0 amide bonds. The van der Waals surface area contributed by atoms with Gasteiger partial charge in [0, 0.05) is 18.4 Å². The van der Waals surface area contributed by atoms with Gasteiger partial charge in [0.25, 0.3) is 0 Å². The second-order valence-electron chi connectivity index (χ2n) is 5.89. The summed E-state index contributed by atoms with van der Waals surface area (Å²) in [6, 6.07) is 8.33. The average Bonchev–Trinajstić information content (AvgIpc) is 2.74. The monoisotopic (exact) mass is 330 g/mol. The van der Waals surface area contributed by atoms with E-state index in [1.54, 1.807) is 0 Å². The quantitative estimate of drug-likeness (QED) is 0.757. The molecular formula is C18H23ClN4. The van der Waals surface area contributed by atoms with Gasteiger partial charge in [0.05, 0.1) is 17.1 Å². The van der Waals surface area contributed by atoms with Crippen molar-refractivity contribution in [2.75, 3.05) is 11.1 Å². The lowest BCUT2D eigenvalue weighted by Gasteiger charge is -2.13. The standard InChI is InChI=1S/C18H22N4.ClH/c1-11-6-5-7-12(2)16(11)9-20-17-8-15(19)10-22-14(4)13(3)21-18(17)22;/h5-8,10,20H,9,19H2,1-4H3;1H. The van der Waals surface area contributed by atoms with E-state index in [-0.39, 0.29) is 12.4 Å². The number of nitrogens with two attached hydrogens (primary N) is 1. The van der Waals surface area contributed by atoms with Crippen LogP contribution in [0.1, 0.15) is 28.1 Å². The summed E-state index contributed by atoms with van der Waals surface area (Å²) >= 11 is 0. The molecule has 0 saturated heterocycles. The van der Waals surface area contributed by atoms with Crippen LogP contribution in [0.4, 0.5) is 11.4 Å². The van der Waals surface area contributed by atoms with Crippen molar-refractivity contribution in [3.8, 4) is 0 Å². The number of fused-ring (bicyclic) bond motifs is 1. The molecule has 5 heteroatoms. The number of benzene rings is 1. The molecule has 3 aromatic rings. The predicted octanol–water partition coefficient (Wildman–Crippen LogP) is 4.18. The van der Waals surface area contributed by atoms with Crippen molar-refractivity contribution in [2.24, 2.45) is 0 Å². The van der Waals surface area contributed by atoms with E-state index in [4.69, 9.17) is 5.73 Å². The molecule has 0 unspecified atom stereocenters. The number of anilines is 2. The Labute approximate surface area is 143 Å². The number of aromatic nitrogens is 2.